The zero-order valence-electron chi connectivity index (χ0n) is 11.9. The van der Waals surface area contributed by atoms with E-state index in [4.69, 9.17) is 5.73 Å². The Morgan fingerprint density at radius 3 is 2.44 bits per heavy atom. The molecule has 1 heterocycles. The molecule has 1 aliphatic heterocycles. The summed E-state index contributed by atoms with van der Waals surface area (Å²) in [6.07, 6.45) is 3.64. The molecular formula is C14H29N3O. The molecule has 2 unspecified atom stereocenters. The molecule has 2 atom stereocenters. The molecule has 4 heteroatoms. The van der Waals surface area contributed by atoms with Crippen LogP contribution in [0.2, 0.25) is 0 Å². The molecule has 3 N–H and O–H groups in total. The van der Waals surface area contributed by atoms with Crippen LogP contribution in [0.3, 0.4) is 0 Å². The van der Waals surface area contributed by atoms with Gasteiger partial charge in [-0.15, -0.1) is 0 Å². The van der Waals surface area contributed by atoms with E-state index < -0.39 is 0 Å². The average molecular weight is 255 g/mol. The van der Waals surface area contributed by atoms with Gasteiger partial charge in [0.1, 0.15) is 0 Å². The second-order valence-corrected chi connectivity index (χ2v) is 6.06. The summed E-state index contributed by atoms with van der Waals surface area (Å²) in [7, 11) is 0. The number of aliphatic hydroxyl groups excluding tert-OH is 1. The van der Waals surface area contributed by atoms with E-state index in [1.54, 1.807) is 0 Å². The molecule has 0 amide bonds. The van der Waals surface area contributed by atoms with Gasteiger partial charge in [0.05, 0.1) is 12.1 Å². The van der Waals surface area contributed by atoms with Crippen molar-refractivity contribution in [2.24, 2.45) is 11.7 Å². The molecule has 1 saturated heterocycles. The third kappa shape index (κ3) is 3.05. The lowest BCUT2D eigenvalue weighted by molar-refractivity contribution is 0.126. The lowest BCUT2D eigenvalue weighted by atomic mass is 9.95. The molecule has 2 aliphatic rings. The second kappa shape index (κ2) is 5.87. The summed E-state index contributed by atoms with van der Waals surface area (Å²) in [6, 6.07) is 0.683. The van der Waals surface area contributed by atoms with Gasteiger partial charge in [-0.3, -0.25) is 9.80 Å². The molecule has 1 saturated carbocycles. The number of hydrogen-bond donors (Lipinski definition) is 2. The lowest BCUT2D eigenvalue weighted by Gasteiger charge is -2.33. The van der Waals surface area contributed by atoms with E-state index in [1.165, 1.54) is 19.3 Å². The fourth-order valence-corrected chi connectivity index (χ4v) is 3.38. The molecule has 0 aromatic carbocycles. The number of nitrogens with zero attached hydrogens (tertiary/aromatic N) is 2. The van der Waals surface area contributed by atoms with E-state index in [0.717, 1.165) is 32.7 Å². The molecule has 2 fully saturated rings. The highest BCUT2D eigenvalue weighted by Gasteiger charge is 2.43. The van der Waals surface area contributed by atoms with Crippen molar-refractivity contribution in [2.45, 2.75) is 44.7 Å². The van der Waals surface area contributed by atoms with Crippen LogP contribution in [-0.2, 0) is 0 Å². The van der Waals surface area contributed by atoms with Crippen LogP contribution in [0.5, 0.6) is 0 Å². The summed E-state index contributed by atoms with van der Waals surface area (Å²) >= 11 is 0. The lowest BCUT2D eigenvalue weighted by Crippen LogP contribution is -2.54. The van der Waals surface area contributed by atoms with Crippen LogP contribution in [0.15, 0.2) is 0 Å². The molecule has 2 rings (SSSR count). The van der Waals surface area contributed by atoms with Crippen molar-refractivity contribution in [1.82, 2.24) is 9.80 Å². The summed E-state index contributed by atoms with van der Waals surface area (Å²) in [5, 5.41) is 9.56. The minimum absolute atomic E-state index is 0.129. The number of likely N-dealkylation sites (N-methyl/N-ethyl adjacent to an activating group) is 1. The summed E-state index contributed by atoms with van der Waals surface area (Å²) in [4.78, 5) is 4.99. The highest BCUT2D eigenvalue weighted by molar-refractivity contribution is 5.01. The van der Waals surface area contributed by atoms with E-state index in [-0.39, 0.29) is 12.1 Å². The fraction of sp³-hybridized carbons (Fsp3) is 1.00. The third-order valence-electron chi connectivity index (χ3n) is 4.78. The molecule has 0 aromatic rings. The van der Waals surface area contributed by atoms with E-state index in [9.17, 15) is 5.11 Å². The molecule has 0 bridgehead atoms. The third-order valence-corrected chi connectivity index (χ3v) is 4.78. The van der Waals surface area contributed by atoms with Crippen molar-refractivity contribution < 1.29 is 5.11 Å². The van der Waals surface area contributed by atoms with Gasteiger partial charge in [-0.25, -0.2) is 0 Å². The maximum Gasteiger partial charge on any atom is 0.0626 e. The first-order chi connectivity index (χ1) is 8.62. The smallest absolute Gasteiger partial charge is 0.0626 e. The Kier molecular flexibility index (Phi) is 4.64. The molecule has 0 aromatic heterocycles. The Balaban J connectivity index is 1.85. The van der Waals surface area contributed by atoms with E-state index in [0.29, 0.717) is 12.0 Å². The summed E-state index contributed by atoms with van der Waals surface area (Å²) in [6.45, 7) is 9.97. The minimum atomic E-state index is -0.349. The Morgan fingerprint density at radius 2 is 1.94 bits per heavy atom. The Bertz CT molecular complexity index is 266. The quantitative estimate of drug-likeness (QED) is 0.696. The standard InChI is InChI=1S/C14H29N3O/c1-3-17(4-2)13-7-8-16(9-13)10-14(15,11-18)12-5-6-12/h12-13,18H,3-11,15H2,1-2H3. The van der Waals surface area contributed by atoms with Crippen molar-refractivity contribution >= 4 is 0 Å². The number of hydrogen-bond acceptors (Lipinski definition) is 4. The van der Waals surface area contributed by atoms with Crippen LogP contribution in [0.4, 0.5) is 0 Å². The van der Waals surface area contributed by atoms with Gasteiger partial charge >= 0.3 is 0 Å². The SMILES string of the molecule is CCN(CC)C1CCN(CC(N)(CO)C2CC2)C1. The van der Waals surface area contributed by atoms with Gasteiger partial charge in [0.2, 0.25) is 0 Å². The predicted molar refractivity (Wildman–Crippen MR) is 74.5 cm³/mol. The van der Waals surface area contributed by atoms with Crippen LogP contribution in [0.1, 0.15) is 33.1 Å². The Labute approximate surface area is 111 Å². The largest absolute Gasteiger partial charge is 0.394 e. The zero-order chi connectivity index (χ0) is 13.2. The second-order valence-electron chi connectivity index (χ2n) is 6.06. The van der Waals surface area contributed by atoms with Crippen LogP contribution < -0.4 is 5.73 Å². The highest BCUT2D eigenvalue weighted by atomic mass is 16.3. The van der Waals surface area contributed by atoms with Crippen LogP contribution in [0.25, 0.3) is 0 Å². The maximum absolute atomic E-state index is 9.56. The van der Waals surface area contributed by atoms with Gasteiger partial charge in [0.15, 0.2) is 0 Å². The first kappa shape index (κ1) is 14.3. The number of rotatable bonds is 7. The summed E-state index contributed by atoms with van der Waals surface area (Å²) < 4.78 is 0. The van der Waals surface area contributed by atoms with Crippen molar-refractivity contribution in [3.8, 4) is 0 Å². The number of nitrogens with two attached hydrogens (primary N) is 1. The highest BCUT2D eigenvalue weighted by Crippen LogP contribution is 2.38. The fourth-order valence-electron chi connectivity index (χ4n) is 3.38. The Morgan fingerprint density at radius 1 is 1.28 bits per heavy atom. The van der Waals surface area contributed by atoms with Gasteiger partial charge in [-0.05, 0) is 44.8 Å². The molecule has 106 valence electrons. The summed E-state index contributed by atoms with van der Waals surface area (Å²) in [5.74, 6) is 0.551. The monoisotopic (exact) mass is 255 g/mol. The van der Waals surface area contributed by atoms with Crippen molar-refractivity contribution in [1.29, 1.82) is 0 Å². The van der Waals surface area contributed by atoms with Crippen LogP contribution >= 0.6 is 0 Å². The normalized spacial score (nSPS) is 28.8. The molecule has 4 nitrogen and oxygen atoms in total. The summed E-state index contributed by atoms with van der Waals surface area (Å²) in [5.41, 5.74) is 6.01. The van der Waals surface area contributed by atoms with E-state index in [1.807, 2.05) is 0 Å². The molecular weight excluding hydrogens is 226 g/mol. The van der Waals surface area contributed by atoms with Crippen molar-refractivity contribution in [3.63, 3.8) is 0 Å². The molecule has 0 spiro atoms. The van der Waals surface area contributed by atoms with E-state index >= 15 is 0 Å². The van der Waals surface area contributed by atoms with Crippen molar-refractivity contribution in [3.05, 3.63) is 0 Å². The van der Waals surface area contributed by atoms with Gasteiger partial charge in [0.25, 0.3) is 0 Å². The molecule has 18 heavy (non-hydrogen) atoms. The van der Waals surface area contributed by atoms with Gasteiger partial charge < -0.3 is 10.8 Å². The van der Waals surface area contributed by atoms with Crippen LogP contribution in [-0.4, -0.2) is 65.8 Å². The number of likely N-dealkylation sites (tertiary alicyclic amines) is 1. The van der Waals surface area contributed by atoms with Gasteiger partial charge in [0, 0.05) is 19.1 Å². The number of aliphatic hydroxyl groups is 1. The molecule has 1 aliphatic carbocycles. The zero-order valence-corrected chi connectivity index (χ0v) is 11.9. The Hall–Kier alpha value is -0.160. The van der Waals surface area contributed by atoms with Crippen molar-refractivity contribution in [2.75, 3.05) is 39.3 Å². The first-order valence-corrected chi connectivity index (χ1v) is 7.49. The molecule has 0 radical (unpaired) electrons. The van der Waals surface area contributed by atoms with E-state index in [2.05, 4.69) is 23.6 Å². The maximum atomic E-state index is 9.56. The average Bonchev–Trinajstić information content (AvgIpc) is 3.14. The predicted octanol–water partition coefficient (Wildman–Crippen LogP) is 0.502. The van der Waals surface area contributed by atoms with Gasteiger partial charge in [-0.2, -0.15) is 0 Å². The van der Waals surface area contributed by atoms with Crippen LogP contribution in [0, 0.1) is 5.92 Å². The minimum Gasteiger partial charge on any atom is -0.394 e. The topological polar surface area (TPSA) is 52.7 Å². The first-order valence-electron chi connectivity index (χ1n) is 7.49. The van der Waals surface area contributed by atoms with Gasteiger partial charge in [-0.1, -0.05) is 13.8 Å².